The van der Waals surface area contributed by atoms with E-state index in [1.165, 1.54) is 0 Å². The molecular formula is C10H16N2O3. The molecule has 84 valence electrons. The minimum atomic E-state index is -0.980. The zero-order chi connectivity index (χ0) is 10.8. The summed E-state index contributed by atoms with van der Waals surface area (Å²) in [6.07, 6.45) is 1.55. The number of carboxylic acid groups (broad SMARTS) is 1. The molecule has 0 saturated carbocycles. The lowest BCUT2D eigenvalue weighted by Crippen LogP contribution is -2.34. The van der Waals surface area contributed by atoms with Crippen LogP contribution in [0.1, 0.15) is 12.8 Å². The molecule has 2 N–H and O–H groups in total. The number of carbonyl (C=O) groups excluding carboxylic acids is 1. The molecule has 0 aromatic heterocycles. The second kappa shape index (κ2) is 4.18. The van der Waals surface area contributed by atoms with E-state index >= 15 is 0 Å². The van der Waals surface area contributed by atoms with Gasteiger partial charge in [-0.15, -0.1) is 0 Å². The number of carbonyl (C=O) groups is 2. The smallest absolute Gasteiger partial charge is 0.316 e. The van der Waals surface area contributed by atoms with Gasteiger partial charge in [-0.1, -0.05) is 0 Å². The van der Waals surface area contributed by atoms with E-state index in [4.69, 9.17) is 5.11 Å². The number of hydrogen-bond acceptors (Lipinski definition) is 3. The molecule has 1 amide bonds. The summed E-state index contributed by atoms with van der Waals surface area (Å²) in [5, 5.41) is 12.0. The van der Waals surface area contributed by atoms with Crippen LogP contribution in [0.15, 0.2) is 0 Å². The van der Waals surface area contributed by atoms with Crippen LogP contribution in [0.5, 0.6) is 0 Å². The molecule has 2 saturated heterocycles. The monoisotopic (exact) mass is 212 g/mol. The van der Waals surface area contributed by atoms with Crippen molar-refractivity contribution in [1.82, 2.24) is 10.2 Å². The number of nitrogens with one attached hydrogen (secondary N) is 1. The van der Waals surface area contributed by atoms with Gasteiger partial charge in [0.2, 0.25) is 5.91 Å². The predicted octanol–water partition coefficient (Wildman–Crippen LogP) is -0.471. The highest BCUT2D eigenvalue weighted by Gasteiger charge is 2.37. The maximum atomic E-state index is 11.7. The third-order valence-electron chi connectivity index (χ3n) is 3.24. The second-order valence-corrected chi connectivity index (χ2v) is 4.32. The van der Waals surface area contributed by atoms with Gasteiger partial charge in [-0.2, -0.15) is 0 Å². The van der Waals surface area contributed by atoms with Gasteiger partial charge in [-0.3, -0.25) is 9.59 Å². The zero-order valence-corrected chi connectivity index (χ0v) is 8.61. The molecule has 0 spiro atoms. The molecule has 2 fully saturated rings. The van der Waals surface area contributed by atoms with Crippen molar-refractivity contribution in [1.29, 1.82) is 0 Å². The summed E-state index contributed by atoms with van der Waals surface area (Å²) in [5.41, 5.74) is 0. The van der Waals surface area contributed by atoms with Crippen molar-refractivity contribution in [2.24, 2.45) is 11.8 Å². The van der Waals surface area contributed by atoms with E-state index in [9.17, 15) is 9.59 Å². The summed E-state index contributed by atoms with van der Waals surface area (Å²) >= 11 is 0. The minimum absolute atomic E-state index is 0.200. The Labute approximate surface area is 88.4 Å². The molecule has 2 rings (SSSR count). The molecule has 15 heavy (non-hydrogen) atoms. The molecule has 0 aromatic rings. The first kappa shape index (κ1) is 10.4. The molecule has 5 nitrogen and oxygen atoms in total. The van der Waals surface area contributed by atoms with Crippen molar-refractivity contribution < 1.29 is 14.7 Å². The van der Waals surface area contributed by atoms with E-state index in [0.717, 1.165) is 26.1 Å². The Morgan fingerprint density at radius 1 is 1.53 bits per heavy atom. The van der Waals surface area contributed by atoms with E-state index in [1.807, 2.05) is 0 Å². The van der Waals surface area contributed by atoms with Gasteiger partial charge in [0.1, 0.15) is 5.92 Å². The number of amides is 1. The van der Waals surface area contributed by atoms with Crippen LogP contribution in [0, 0.1) is 11.8 Å². The quantitative estimate of drug-likeness (QED) is 0.620. The van der Waals surface area contributed by atoms with Crippen LogP contribution < -0.4 is 5.32 Å². The lowest BCUT2D eigenvalue weighted by atomic mass is 10.1. The van der Waals surface area contributed by atoms with Crippen molar-refractivity contribution in [2.45, 2.75) is 12.8 Å². The number of nitrogens with zero attached hydrogens (tertiary/aromatic N) is 1. The summed E-state index contributed by atoms with van der Waals surface area (Å²) in [6, 6.07) is 0. The lowest BCUT2D eigenvalue weighted by molar-refractivity contribution is -0.147. The topological polar surface area (TPSA) is 69.6 Å². The van der Waals surface area contributed by atoms with Gasteiger partial charge in [0.15, 0.2) is 0 Å². The molecule has 5 heteroatoms. The van der Waals surface area contributed by atoms with Crippen molar-refractivity contribution in [2.75, 3.05) is 26.2 Å². The van der Waals surface area contributed by atoms with E-state index < -0.39 is 11.9 Å². The van der Waals surface area contributed by atoms with E-state index in [-0.39, 0.29) is 5.91 Å². The molecule has 0 radical (unpaired) electrons. The highest BCUT2D eigenvalue weighted by Crippen LogP contribution is 2.21. The number of rotatable bonds is 3. The van der Waals surface area contributed by atoms with Gasteiger partial charge in [-0.05, 0) is 31.8 Å². The average Bonchev–Trinajstić information content (AvgIpc) is 2.78. The molecule has 2 unspecified atom stereocenters. The van der Waals surface area contributed by atoms with Crippen molar-refractivity contribution in [3.63, 3.8) is 0 Å². The Hall–Kier alpha value is -1.10. The van der Waals surface area contributed by atoms with Gasteiger partial charge in [-0.25, -0.2) is 0 Å². The zero-order valence-electron chi connectivity index (χ0n) is 8.61. The van der Waals surface area contributed by atoms with Crippen molar-refractivity contribution >= 4 is 11.9 Å². The van der Waals surface area contributed by atoms with Gasteiger partial charge < -0.3 is 15.3 Å². The van der Waals surface area contributed by atoms with Gasteiger partial charge in [0, 0.05) is 13.1 Å². The summed E-state index contributed by atoms with van der Waals surface area (Å²) < 4.78 is 0. The van der Waals surface area contributed by atoms with Gasteiger partial charge in [0.05, 0.1) is 0 Å². The number of carboxylic acids is 1. The second-order valence-electron chi connectivity index (χ2n) is 4.32. The Morgan fingerprint density at radius 3 is 2.87 bits per heavy atom. The molecule has 0 aliphatic carbocycles. The van der Waals surface area contributed by atoms with E-state index in [2.05, 4.69) is 5.32 Å². The van der Waals surface area contributed by atoms with Gasteiger partial charge >= 0.3 is 5.97 Å². The largest absolute Gasteiger partial charge is 0.481 e. The van der Waals surface area contributed by atoms with Crippen LogP contribution >= 0.6 is 0 Å². The first-order valence-corrected chi connectivity index (χ1v) is 5.41. The van der Waals surface area contributed by atoms with Crippen LogP contribution in [0.4, 0.5) is 0 Å². The number of likely N-dealkylation sites (tertiary alicyclic amines) is 1. The van der Waals surface area contributed by atoms with Crippen molar-refractivity contribution in [3.05, 3.63) is 0 Å². The Balaban J connectivity index is 1.89. The summed E-state index contributed by atoms with van der Waals surface area (Å²) in [6.45, 7) is 3.28. The Bertz CT molecular complexity index is 274. The van der Waals surface area contributed by atoms with Crippen LogP contribution in [0.25, 0.3) is 0 Å². The molecule has 2 heterocycles. The maximum absolute atomic E-state index is 11.7. The first-order chi connectivity index (χ1) is 7.18. The maximum Gasteiger partial charge on any atom is 0.316 e. The fraction of sp³-hybridized carbons (Fsp3) is 0.800. The molecule has 2 aliphatic heterocycles. The standard InChI is InChI=1S/C10H16N2O3/c13-9-8(10(14)15)2-4-12(9)6-7-1-3-11-5-7/h7-8,11H,1-6H2,(H,14,15). The molecule has 0 bridgehead atoms. The average molecular weight is 212 g/mol. The fourth-order valence-electron chi connectivity index (χ4n) is 2.33. The number of hydrogen-bond donors (Lipinski definition) is 2. The van der Waals surface area contributed by atoms with Crippen LogP contribution in [-0.2, 0) is 9.59 Å². The summed E-state index contributed by atoms with van der Waals surface area (Å²) in [4.78, 5) is 24.1. The van der Waals surface area contributed by atoms with Crippen LogP contribution in [0.3, 0.4) is 0 Å². The Kier molecular flexibility index (Phi) is 2.90. The molecule has 2 atom stereocenters. The summed E-state index contributed by atoms with van der Waals surface area (Å²) in [7, 11) is 0. The third-order valence-corrected chi connectivity index (χ3v) is 3.24. The predicted molar refractivity (Wildman–Crippen MR) is 53.3 cm³/mol. The van der Waals surface area contributed by atoms with Gasteiger partial charge in [0.25, 0.3) is 0 Å². The molecule has 2 aliphatic rings. The van der Waals surface area contributed by atoms with Crippen molar-refractivity contribution in [3.8, 4) is 0 Å². The molecule has 0 aromatic carbocycles. The highest BCUT2D eigenvalue weighted by molar-refractivity contribution is 5.98. The first-order valence-electron chi connectivity index (χ1n) is 5.41. The Morgan fingerprint density at radius 2 is 2.33 bits per heavy atom. The highest BCUT2D eigenvalue weighted by atomic mass is 16.4. The third kappa shape index (κ3) is 2.12. The fourth-order valence-corrected chi connectivity index (χ4v) is 2.33. The van der Waals surface area contributed by atoms with E-state index in [1.54, 1.807) is 4.90 Å². The normalized spacial score (nSPS) is 31.2. The van der Waals surface area contributed by atoms with Crippen LogP contribution in [-0.4, -0.2) is 48.1 Å². The van der Waals surface area contributed by atoms with E-state index in [0.29, 0.717) is 18.9 Å². The lowest BCUT2D eigenvalue weighted by Gasteiger charge is -2.19. The SMILES string of the molecule is O=C(O)C1CCN(CC2CCNC2)C1=O. The minimum Gasteiger partial charge on any atom is -0.481 e. The number of aliphatic carboxylic acids is 1. The summed E-state index contributed by atoms with van der Waals surface area (Å²) in [5.74, 6) is -1.47. The molecular weight excluding hydrogens is 196 g/mol. The van der Waals surface area contributed by atoms with Crippen LogP contribution in [0.2, 0.25) is 0 Å².